The fourth-order valence-electron chi connectivity index (χ4n) is 1.30. The lowest BCUT2D eigenvalue weighted by molar-refractivity contribution is 0.417. The molecular weight excluding hydrogens is 174 g/mol. The van der Waals surface area contributed by atoms with Crippen LogP contribution in [0, 0.1) is 5.92 Å². The van der Waals surface area contributed by atoms with Crippen molar-refractivity contribution in [1.82, 2.24) is 15.1 Å². The molecule has 1 aromatic heterocycles. The van der Waals surface area contributed by atoms with Crippen LogP contribution in [0.4, 0.5) is 0 Å². The van der Waals surface area contributed by atoms with Crippen molar-refractivity contribution >= 4 is 0 Å². The van der Waals surface area contributed by atoms with E-state index in [1.165, 1.54) is 5.69 Å². The fraction of sp³-hybridized carbons (Fsp3) is 0.727. The van der Waals surface area contributed by atoms with Gasteiger partial charge in [0, 0.05) is 25.3 Å². The molecular formula is C11H21N3. The van der Waals surface area contributed by atoms with Crippen LogP contribution in [-0.4, -0.2) is 15.8 Å². The minimum absolute atomic E-state index is 0.551. The number of nitrogens with zero attached hydrogens (tertiary/aromatic N) is 2. The van der Waals surface area contributed by atoms with Crippen molar-refractivity contribution in [3.63, 3.8) is 0 Å². The Morgan fingerprint density at radius 3 is 2.71 bits per heavy atom. The largest absolute Gasteiger partial charge is 0.308 e. The second-order valence-corrected chi connectivity index (χ2v) is 4.05. The van der Waals surface area contributed by atoms with E-state index in [1.54, 1.807) is 0 Å². The predicted molar refractivity (Wildman–Crippen MR) is 59.0 cm³/mol. The Hall–Kier alpha value is -0.830. The monoisotopic (exact) mass is 195 g/mol. The molecule has 1 atom stereocenters. The molecule has 80 valence electrons. The minimum Gasteiger partial charge on any atom is -0.308 e. The molecule has 14 heavy (non-hydrogen) atoms. The zero-order chi connectivity index (χ0) is 10.6. The number of rotatable bonds is 5. The van der Waals surface area contributed by atoms with Crippen molar-refractivity contribution < 1.29 is 0 Å². The highest BCUT2D eigenvalue weighted by molar-refractivity contribution is 5.00. The van der Waals surface area contributed by atoms with Crippen molar-refractivity contribution in [3.05, 3.63) is 18.0 Å². The average Bonchev–Trinajstić information content (AvgIpc) is 2.60. The first kappa shape index (κ1) is 11.2. The van der Waals surface area contributed by atoms with E-state index in [0.717, 1.165) is 13.1 Å². The van der Waals surface area contributed by atoms with Gasteiger partial charge in [-0.3, -0.25) is 4.68 Å². The van der Waals surface area contributed by atoms with Gasteiger partial charge in [0.05, 0.1) is 5.69 Å². The molecule has 0 aliphatic heterocycles. The van der Waals surface area contributed by atoms with Gasteiger partial charge in [0.25, 0.3) is 0 Å². The quantitative estimate of drug-likeness (QED) is 0.779. The summed E-state index contributed by atoms with van der Waals surface area (Å²) in [5, 5.41) is 7.73. The van der Waals surface area contributed by atoms with E-state index < -0.39 is 0 Å². The summed E-state index contributed by atoms with van der Waals surface area (Å²) in [5.74, 6) is 0.674. The van der Waals surface area contributed by atoms with Gasteiger partial charge in [0.2, 0.25) is 0 Å². The molecule has 1 heterocycles. The third kappa shape index (κ3) is 2.84. The molecule has 0 aliphatic carbocycles. The Bertz CT molecular complexity index is 265. The van der Waals surface area contributed by atoms with Gasteiger partial charge in [0.15, 0.2) is 0 Å². The van der Waals surface area contributed by atoms with Gasteiger partial charge >= 0.3 is 0 Å². The van der Waals surface area contributed by atoms with Crippen LogP contribution in [0.1, 0.15) is 33.4 Å². The lowest BCUT2D eigenvalue weighted by Crippen LogP contribution is -2.31. The first-order chi connectivity index (χ1) is 6.65. The van der Waals surface area contributed by atoms with Crippen LogP contribution >= 0.6 is 0 Å². The molecule has 0 saturated carbocycles. The molecule has 0 fully saturated rings. The first-order valence-electron chi connectivity index (χ1n) is 5.39. The van der Waals surface area contributed by atoms with Gasteiger partial charge < -0.3 is 5.32 Å². The number of nitrogens with one attached hydrogen (secondary N) is 1. The van der Waals surface area contributed by atoms with E-state index in [2.05, 4.69) is 44.2 Å². The predicted octanol–water partition coefficient (Wildman–Crippen LogP) is 2.04. The maximum Gasteiger partial charge on any atom is 0.0522 e. The van der Waals surface area contributed by atoms with Crippen molar-refractivity contribution in [1.29, 1.82) is 0 Å². The molecule has 3 nitrogen and oxygen atoms in total. The van der Waals surface area contributed by atoms with Crippen LogP contribution < -0.4 is 5.32 Å². The van der Waals surface area contributed by atoms with Crippen LogP contribution in [-0.2, 0) is 13.1 Å². The van der Waals surface area contributed by atoms with Crippen LogP contribution in [0.25, 0.3) is 0 Å². The highest BCUT2D eigenvalue weighted by Crippen LogP contribution is 2.03. The Kier molecular flexibility index (Phi) is 4.14. The summed E-state index contributed by atoms with van der Waals surface area (Å²) in [6, 6.07) is 2.62. The van der Waals surface area contributed by atoms with Crippen molar-refractivity contribution in [3.8, 4) is 0 Å². The SMILES string of the molecule is CCn1nccc1CN[C@H](C)C(C)C. The standard InChI is InChI=1S/C11H21N3/c1-5-14-11(6-7-13-14)8-12-10(4)9(2)3/h6-7,9-10,12H,5,8H2,1-4H3/t10-/m1/s1. The topological polar surface area (TPSA) is 29.9 Å². The number of hydrogen-bond acceptors (Lipinski definition) is 2. The lowest BCUT2D eigenvalue weighted by atomic mass is 10.1. The molecule has 0 spiro atoms. The maximum absolute atomic E-state index is 4.23. The third-order valence-electron chi connectivity index (χ3n) is 2.71. The number of hydrogen-bond donors (Lipinski definition) is 1. The molecule has 0 unspecified atom stereocenters. The summed E-state index contributed by atoms with van der Waals surface area (Å²) in [7, 11) is 0. The van der Waals surface area contributed by atoms with Crippen LogP contribution in [0.15, 0.2) is 12.3 Å². The van der Waals surface area contributed by atoms with Crippen molar-refractivity contribution in [2.75, 3.05) is 0 Å². The Labute approximate surface area is 86.5 Å². The second kappa shape index (κ2) is 5.15. The van der Waals surface area contributed by atoms with E-state index in [1.807, 2.05) is 10.9 Å². The zero-order valence-electron chi connectivity index (χ0n) is 9.62. The Balaban J connectivity index is 2.45. The summed E-state index contributed by atoms with van der Waals surface area (Å²) in [6.45, 7) is 10.6. The molecule has 0 amide bonds. The normalized spacial score (nSPS) is 13.5. The first-order valence-corrected chi connectivity index (χ1v) is 5.39. The summed E-state index contributed by atoms with van der Waals surface area (Å²) in [5.41, 5.74) is 1.26. The Morgan fingerprint density at radius 1 is 1.43 bits per heavy atom. The minimum atomic E-state index is 0.551. The fourth-order valence-corrected chi connectivity index (χ4v) is 1.30. The Morgan fingerprint density at radius 2 is 2.14 bits per heavy atom. The smallest absolute Gasteiger partial charge is 0.0522 e. The van der Waals surface area contributed by atoms with E-state index in [0.29, 0.717) is 12.0 Å². The second-order valence-electron chi connectivity index (χ2n) is 4.05. The summed E-state index contributed by atoms with van der Waals surface area (Å²) in [4.78, 5) is 0. The molecule has 3 heteroatoms. The van der Waals surface area contributed by atoms with Gasteiger partial charge in [-0.05, 0) is 25.8 Å². The molecule has 0 bridgehead atoms. The van der Waals surface area contributed by atoms with E-state index >= 15 is 0 Å². The molecule has 0 aliphatic rings. The molecule has 1 rings (SSSR count). The van der Waals surface area contributed by atoms with E-state index in [9.17, 15) is 0 Å². The molecule has 1 N–H and O–H groups in total. The van der Waals surface area contributed by atoms with Gasteiger partial charge in [-0.25, -0.2) is 0 Å². The lowest BCUT2D eigenvalue weighted by Gasteiger charge is -2.17. The summed E-state index contributed by atoms with van der Waals surface area (Å²) < 4.78 is 2.03. The van der Waals surface area contributed by atoms with Crippen LogP contribution in [0.3, 0.4) is 0 Å². The number of aryl methyl sites for hydroxylation is 1. The van der Waals surface area contributed by atoms with Gasteiger partial charge in [0.1, 0.15) is 0 Å². The van der Waals surface area contributed by atoms with Gasteiger partial charge in [-0.15, -0.1) is 0 Å². The van der Waals surface area contributed by atoms with E-state index in [4.69, 9.17) is 0 Å². The van der Waals surface area contributed by atoms with Crippen LogP contribution in [0.2, 0.25) is 0 Å². The van der Waals surface area contributed by atoms with Gasteiger partial charge in [-0.1, -0.05) is 13.8 Å². The molecule has 0 aromatic carbocycles. The van der Waals surface area contributed by atoms with E-state index in [-0.39, 0.29) is 0 Å². The summed E-state index contributed by atoms with van der Waals surface area (Å²) >= 11 is 0. The van der Waals surface area contributed by atoms with Crippen molar-refractivity contribution in [2.24, 2.45) is 5.92 Å². The van der Waals surface area contributed by atoms with Crippen LogP contribution in [0.5, 0.6) is 0 Å². The highest BCUT2D eigenvalue weighted by atomic mass is 15.3. The highest BCUT2D eigenvalue weighted by Gasteiger charge is 2.07. The summed E-state index contributed by atoms with van der Waals surface area (Å²) in [6.07, 6.45) is 1.86. The van der Waals surface area contributed by atoms with Gasteiger partial charge in [-0.2, -0.15) is 5.10 Å². The number of aromatic nitrogens is 2. The zero-order valence-corrected chi connectivity index (χ0v) is 9.62. The maximum atomic E-state index is 4.23. The molecule has 0 radical (unpaired) electrons. The third-order valence-corrected chi connectivity index (χ3v) is 2.71. The van der Waals surface area contributed by atoms with Crippen molar-refractivity contribution in [2.45, 2.75) is 46.8 Å². The average molecular weight is 195 g/mol. The molecule has 0 saturated heterocycles. The molecule has 1 aromatic rings.